The van der Waals surface area contributed by atoms with Gasteiger partial charge < -0.3 is 10.4 Å². The van der Waals surface area contributed by atoms with Gasteiger partial charge in [-0.3, -0.25) is 10.1 Å². The Hall–Kier alpha value is -2.31. The van der Waals surface area contributed by atoms with Gasteiger partial charge in [0.1, 0.15) is 0 Å². The summed E-state index contributed by atoms with van der Waals surface area (Å²) in [6, 6.07) is 14.3. The number of carbonyl (C=O) groups is 2. The predicted octanol–water partition coefficient (Wildman–Crippen LogP) is 3.42. The summed E-state index contributed by atoms with van der Waals surface area (Å²) in [4.78, 5) is 23.7. The van der Waals surface area contributed by atoms with Crippen LogP contribution >= 0.6 is 11.8 Å². The number of aliphatic hydroxyl groups is 1. The molecule has 0 spiro atoms. The fourth-order valence-corrected chi connectivity index (χ4v) is 3.03. The summed E-state index contributed by atoms with van der Waals surface area (Å²) in [6.45, 7) is 3.87. The van der Waals surface area contributed by atoms with Gasteiger partial charge >= 0.3 is 6.03 Å². The number of anilines is 1. The number of rotatable bonds is 6. The van der Waals surface area contributed by atoms with Crippen molar-refractivity contribution in [3.8, 4) is 0 Å². The first-order valence-electron chi connectivity index (χ1n) is 7.95. The van der Waals surface area contributed by atoms with Gasteiger partial charge in [0.15, 0.2) is 0 Å². The highest BCUT2D eigenvalue weighted by molar-refractivity contribution is 7.99. The van der Waals surface area contributed by atoms with Gasteiger partial charge in [-0.1, -0.05) is 42.5 Å². The van der Waals surface area contributed by atoms with Crippen molar-refractivity contribution in [2.75, 3.05) is 16.8 Å². The number of amides is 3. The van der Waals surface area contributed by atoms with Gasteiger partial charge in [-0.05, 0) is 36.6 Å². The molecule has 0 radical (unpaired) electrons. The van der Waals surface area contributed by atoms with E-state index in [0.717, 1.165) is 16.7 Å². The minimum atomic E-state index is -0.636. The zero-order valence-corrected chi connectivity index (χ0v) is 15.1. The Morgan fingerprint density at radius 1 is 1.08 bits per heavy atom. The highest BCUT2D eigenvalue weighted by Gasteiger charge is 2.12. The first kappa shape index (κ1) is 19.0. The Kier molecular flexibility index (Phi) is 7.03. The maximum absolute atomic E-state index is 11.9. The van der Waals surface area contributed by atoms with Gasteiger partial charge in [0.25, 0.3) is 0 Å². The molecule has 0 aromatic heterocycles. The predicted molar refractivity (Wildman–Crippen MR) is 102 cm³/mol. The second-order valence-electron chi connectivity index (χ2n) is 5.69. The molecule has 2 rings (SSSR count). The molecule has 3 N–H and O–H groups in total. The third-order valence-electron chi connectivity index (χ3n) is 3.80. The minimum absolute atomic E-state index is 0.101. The lowest BCUT2D eigenvalue weighted by Gasteiger charge is -2.12. The van der Waals surface area contributed by atoms with Crippen LogP contribution in [0.4, 0.5) is 10.5 Å². The van der Waals surface area contributed by atoms with Crippen LogP contribution < -0.4 is 10.6 Å². The van der Waals surface area contributed by atoms with Crippen LogP contribution in [-0.4, -0.2) is 28.6 Å². The van der Waals surface area contributed by atoms with E-state index in [9.17, 15) is 14.7 Å². The Balaban J connectivity index is 1.74. The van der Waals surface area contributed by atoms with Crippen LogP contribution in [0.15, 0.2) is 48.5 Å². The lowest BCUT2D eigenvalue weighted by atomic mass is 10.1. The van der Waals surface area contributed by atoms with Gasteiger partial charge in [0.2, 0.25) is 5.91 Å². The number of aliphatic hydroxyl groups excluding tert-OH is 1. The van der Waals surface area contributed by atoms with Crippen LogP contribution in [0.25, 0.3) is 0 Å². The molecule has 0 fully saturated rings. The molecule has 0 aliphatic heterocycles. The number of imide groups is 1. The van der Waals surface area contributed by atoms with Gasteiger partial charge in [0.05, 0.1) is 11.9 Å². The highest BCUT2D eigenvalue weighted by atomic mass is 32.2. The van der Waals surface area contributed by atoms with Crippen molar-refractivity contribution in [2.45, 2.75) is 20.0 Å². The molecule has 0 saturated heterocycles. The summed E-state index contributed by atoms with van der Waals surface area (Å²) in [5.41, 5.74) is 3.51. The molecule has 5 nitrogen and oxygen atoms in total. The molecule has 6 heteroatoms. The summed E-state index contributed by atoms with van der Waals surface area (Å²) in [6.07, 6.45) is -0.636. The highest BCUT2D eigenvalue weighted by Crippen LogP contribution is 2.18. The van der Waals surface area contributed by atoms with E-state index in [1.165, 1.54) is 11.8 Å². The second-order valence-corrected chi connectivity index (χ2v) is 6.72. The van der Waals surface area contributed by atoms with E-state index in [2.05, 4.69) is 10.6 Å². The maximum atomic E-state index is 11.9. The van der Waals surface area contributed by atoms with Crippen LogP contribution in [0.1, 0.15) is 22.8 Å². The van der Waals surface area contributed by atoms with Crippen LogP contribution in [0.3, 0.4) is 0 Å². The molecular weight excluding hydrogens is 336 g/mol. The SMILES string of the molecule is Cc1cccc(NC(=O)NC(=O)CSCC(O)c2ccccc2)c1C. The molecule has 0 saturated carbocycles. The fraction of sp³-hybridized carbons (Fsp3) is 0.263. The van der Waals surface area contributed by atoms with Crippen LogP contribution in [0, 0.1) is 13.8 Å². The molecule has 25 heavy (non-hydrogen) atoms. The summed E-state index contributed by atoms with van der Waals surface area (Å²) in [7, 11) is 0. The standard InChI is InChI=1S/C19H22N2O3S/c1-13-7-6-10-16(14(13)2)20-19(24)21-18(23)12-25-11-17(22)15-8-4-3-5-9-15/h3-10,17,22H,11-12H2,1-2H3,(H2,20,21,23,24). The van der Waals surface area contributed by atoms with Crippen molar-refractivity contribution >= 4 is 29.4 Å². The number of carbonyl (C=O) groups excluding carboxylic acids is 2. The lowest BCUT2D eigenvalue weighted by molar-refractivity contribution is -0.117. The van der Waals surface area contributed by atoms with E-state index >= 15 is 0 Å². The Morgan fingerprint density at radius 3 is 2.52 bits per heavy atom. The maximum Gasteiger partial charge on any atom is 0.325 e. The molecule has 3 amide bonds. The topological polar surface area (TPSA) is 78.4 Å². The molecule has 132 valence electrons. The molecule has 0 bridgehead atoms. The molecule has 1 atom stereocenters. The van der Waals surface area contributed by atoms with Crippen LogP contribution in [0.5, 0.6) is 0 Å². The van der Waals surface area contributed by atoms with Crippen molar-refractivity contribution in [2.24, 2.45) is 0 Å². The van der Waals surface area contributed by atoms with Crippen molar-refractivity contribution in [1.29, 1.82) is 0 Å². The van der Waals surface area contributed by atoms with E-state index in [-0.39, 0.29) is 5.75 Å². The van der Waals surface area contributed by atoms with Crippen molar-refractivity contribution in [3.63, 3.8) is 0 Å². The first-order valence-corrected chi connectivity index (χ1v) is 9.10. The largest absolute Gasteiger partial charge is 0.388 e. The fourth-order valence-electron chi connectivity index (χ4n) is 2.24. The molecule has 0 heterocycles. The summed E-state index contributed by atoms with van der Waals surface area (Å²) < 4.78 is 0. The van der Waals surface area contributed by atoms with E-state index in [1.54, 1.807) is 6.07 Å². The summed E-state index contributed by atoms with van der Waals surface area (Å²) in [5.74, 6) is 0.0910. The number of benzene rings is 2. The third-order valence-corrected chi connectivity index (χ3v) is 4.82. The smallest absolute Gasteiger partial charge is 0.325 e. The second kappa shape index (κ2) is 9.25. The number of thioether (sulfide) groups is 1. The molecule has 2 aromatic carbocycles. The number of hydrogen-bond acceptors (Lipinski definition) is 4. The molecule has 0 aliphatic rings. The average molecular weight is 358 g/mol. The summed E-state index contributed by atoms with van der Waals surface area (Å²) in [5, 5.41) is 15.0. The van der Waals surface area contributed by atoms with Crippen molar-refractivity contribution < 1.29 is 14.7 Å². The van der Waals surface area contributed by atoms with E-state index in [0.29, 0.717) is 11.4 Å². The van der Waals surface area contributed by atoms with Crippen molar-refractivity contribution in [1.82, 2.24) is 5.32 Å². The lowest BCUT2D eigenvalue weighted by Crippen LogP contribution is -2.35. The third kappa shape index (κ3) is 5.92. The molecule has 2 aromatic rings. The Labute approximate surface area is 151 Å². The minimum Gasteiger partial charge on any atom is -0.388 e. The summed E-state index contributed by atoms with van der Waals surface area (Å²) >= 11 is 1.28. The number of urea groups is 1. The number of nitrogens with one attached hydrogen (secondary N) is 2. The Morgan fingerprint density at radius 2 is 1.80 bits per heavy atom. The van der Waals surface area contributed by atoms with Gasteiger partial charge in [0, 0.05) is 11.4 Å². The van der Waals surface area contributed by atoms with Crippen molar-refractivity contribution in [3.05, 3.63) is 65.2 Å². The van der Waals surface area contributed by atoms with Crippen LogP contribution in [-0.2, 0) is 4.79 Å². The van der Waals surface area contributed by atoms with Gasteiger partial charge in [-0.25, -0.2) is 4.79 Å². The zero-order valence-electron chi connectivity index (χ0n) is 14.3. The monoisotopic (exact) mass is 358 g/mol. The Bertz CT molecular complexity index is 735. The van der Waals surface area contributed by atoms with E-state index < -0.39 is 18.0 Å². The van der Waals surface area contributed by atoms with E-state index in [1.807, 2.05) is 56.3 Å². The van der Waals surface area contributed by atoms with E-state index in [4.69, 9.17) is 0 Å². The molecule has 1 unspecified atom stereocenters. The normalized spacial score (nSPS) is 11.6. The first-order chi connectivity index (χ1) is 12.0. The quantitative estimate of drug-likeness (QED) is 0.739. The number of hydrogen-bond donors (Lipinski definition) is 3. The van der Waals surface area contributed by atoms with Gasteiger partial charge in [-0.2, -0.15) is 0 Å². The number of aryl methyl sites for hydroxylation is 1. The molecular formula is C19H22N2O3S. The zero-order chi connectivity index (χ0) is 18.2. The van der Waals surface area contributed by atoms with Gasteiger partial charge in [-0.15, -0.1) is 11.8 Å². The molecule has 0 aliphatic carbocycles. The average Bonchev–Trinajstić information content (AvgIpc) is 2.59. The van der Waals surface area contributed by atoms with Crippen LogP contribution in [0.2, 0.25) is 0 Å².